The molecule has 0 aromatic carbocycles. The van der Waals surface area contributed by atoms with Gasteiger partial charge in [0.05, 0.1) is 0 Å². The maximum atomic E-state index is 4.57. The summed E-state index contributed by atoms with van der Waals surface area (Å²) < 4.78 is 0. The van der Waals surface area contributed by atoms with E-state index in [0.29, 0.717) is 12.1 Å². The Morgan fingerprint density at radius 2 is 2.26 bits per heavy atom. The summed E-state index contributed by atoms with van der Waals surface area (Å²) >= 11 is 0. The Kier molecular flexibility index (Phi) is 4.77. The molecule has 1 aromatic rings. The number of nitrogens with zero attached hydrogens (tertiary/aromatic N) is 3. The third-order valence-electron chi connectivity index (χ3n) is 3.97. The Hall–Kier alpha value is -1.13. The van der Waals surface area contributed by atoms with Gasteiger partial charge in [-0.05, 0) is 32.4 Å². The minimum atomic E-state index is 0.478. The van der Waals surface area contributed by atoms with Crippen LogP contribution in [0.4, 0.5) is 5.82 Å². The lowest BCUT2D eigenvalue weighted by Gasteiger charge is -2.33. The summed E-state index contributed by atoms with van der Waals surface area (Å²) in [4.78, 5) is 9.28. The van der Waals surface area contributed by atoms with Gasteiger partial charge in [0.2, 0.25) is 0 Å². The zero-order valence-corrected chi connectivity index (χ0v) is 12.6. The first-order chi connectivity index (χ1) is 9.08. The Labute approximate surface area is 116 Å². The fraction of sp³-hybridized carbons (Fsp3) is 0.667. The molecule has 0 aliphatic carbocycles. The molecule has 0 spiro atoms. The quantitative estimate of drug-likeness (QED) is 0.895. The van der Waals surface area contributed by atoms with E-state index in [9.17, 15) is 0 Å². The normalized spacial score (nSPS) is 20.8. The molecule has 19 heavy (non-hydrogen) atoms. The minimum absolute atomic E-state index is 0.478. The van der Waals surface area contributed by atoms with Crippen molar-refractivity contribution in [2.24, 2.45) is 0 Å². The van der Waals surface area contributed by atoms with Gasteiger partial charge in [-0.25, -0.2) is 4.98 Å². The number of pyridine rings is 1. The van der Waals surface area contributed by atoms with E-state index in [1.807, 2.05) is 6.20 Å². The number of rotatable bonds is 4. The molecule has 106 valence electrons. The maximum absolute atomic E-state index is 4.57. The molecule has 0 saturated carbocycles. The van der Waals surface area contributed by atoms with Crippen LogP contribution in [0.3, 0.4) is 0 Å². The molecule has 2 rings (SSSR count). The van der Waals surface area contributed by atoms with Gasteiger partial charge in [0.15, 0.2) is 0 Å². The lowest BCUT2D eigenvalue weighted by molar-refractivity contribution is 0.165. The monoisotopic (exact) mass is 262 g/mol. The third-order valence-corrected chi connectivity index (χ3v) is 3.97. The van der Waals surface area contributed by atoms with Crippen molar-refractivity contribution >= 4 is 5.82 Å². The van der Waals surface area contributed by atoms with Crippen molar-refractivity contribution in [3.8, 4) is 0 Å². The van der Waals surface area contributed by atoms with Crippen LogP contribution in [0, 0.1) is 0 Å². The predicted octanol–water partition coefficient (Wildman–Crippen LogP) is 1.72. The lowest BCUT2D eigenvalue weighted by atomic mass is 10.2. The molecule has 4 nitrogen and oxygen atoms in total. The Morgan fingerprint density at radius 3 is 2.84 bits per heavy atom. The van der Waals surface area contributed by atoms with Gasteiger partial charge in [-0.2, -0.15) is 0 Å². The lowest BCUT2D eigenvalue weighted by Crippen LogP contribution is -2.49. The molecule has 0 radical (unpaired) electrons. The molecule has 0 amide bonds. The van der Waals surface area contributed by atoms with Gasteiger partial charge in [-0.1, -0.05) is 6.07 Å². The summed E-state index contributed by atoms with van der Waals surface area (Å²) in [6, 6.07) is 5.41. The molecule has 1 unspecified atom stereocenters. The number of nitrogens with one attached hydrogen (secondary N) is 1. The highest BCUT2D eigenvalue weighted by Crippen LogP contribution is 2.14. The Morgan fingerprint density at radius 1 is 1.47 bits per heavy atom. The van der Waals surface area contributed by atoms with Crippen molar-refractivity contribution in [3.63, 3.8) is 0 Å². The first-order valence-corrected chi connectivity index (χ1v) is 7.20. The minimum Gasteiger partial charge on any atom is -0.357 e. The van der Waals surface area contributed by atoms with Crippen LogP contribution < -0.4 is 10.2 Å². The van der Waals surface area contributed by atoms with E-state index in [1.165, 1.54) is 5.56 Å². The summed E-state index contributed by atoms with van der Waals surface area (Å²) in [5.41, 5.74) is 1.30. The average molecular weight is 262 g/mol. The standard InChI is InChI=1S/C15H26N4/c1-12(2)18(4)15-6-5-14(10-17-15)11-19-8-7-16-9-13(19)3/h5-6,10,12-13,16H,7-9,11H2,1-4H3. The molecule has 1 N–H and O–H groups in total. The van der Waals surface area contributed by atoms with Crippen molar-refractivity contribution in [2.45, 2.75) is 39.4 Å². The Balaban J connectivity index is 1.98. The van der Waals surface area contributed by atoms with Crippen LogP contribution in [0.15, 0.2) is 18.3 Å². The van der Waals surface area contributed by atoms with Crippen LogP contribution in [-0.2, 0) is 6.54 Å². The number of hydrogen-bond acceptors (Lipinski definition) is 4. The SMILES string of the molecule is CC1CNCCN1Cc1ccc(N(C)C(C)C)nc1. The molecule has 1 aliphatic heterocycles. The summed E-state index contributed by atoms with van der Waals surface area (Å²) in [5, 5.41) is 3.42. The molecule has 1 aromatic heterocycles. The molecule has 4 heteroatoms. The van der Waals surface area contributed by atoms with Crippen LogP contribution in [0.5, 0.6) is 0 Å². The largest absolute Gasteiger partial charge is 0.357 e. The van der Waals surface area contributed by atoms with Crippen molar-refractivity contribution < 1.29 is 0 Å². The third kappa shape index (κ3) is 3.67. The van der Waals surface area contributed by atoms with E-state index in [0.717, 1.165) is 32.0 Å². The molecule has 2 heterocycles. The molecular formula is C15H26N4. The number of piperazine rings is 1. The predicted molar refractivity (Wildman–Crippen MR) is 80.5 cm³/mol. The van der Waals surface area contributed by atoms with Gasteiger partial charge in [0.25, 0.3) is 0 Å². The molecule has 1 atom stereocenters. The number of hydrogen-bond donors (Lipinski definition) is 1. The van der Waals surface area contributed by atoms with Gasteiger partial charge in [-0.15, -0.1) is 0 Å². The first kappa shape index (κ1) is 14.3. The second-order valence-electron chi connectivity index (χ2n) is 5.75. The fourth-order valence-electron chi connectivity index (χ4n) is 2.34. The average Bonchev–Trinajstić information content (AvgIpc) is 2.41. The fourth-order valence-corrected chi connectivity index (χ4v) is 2.34. The van der Waals surface area contributed by atoms with E-state index >= 15 is 0 Å². The highest BCUT2D eigenvalue weighted by Gasteiger charge is 2.17. The zero-order chi connectivity index (χ0) is 13.8. The number of aromatic nitrogens is 1. The van der Waals surface area contributed by atoms with Crippen LogP contribution in [0.25, 0.3) is 0 Å². The van der Waals surface area contributed by atoms with Gasteiger partial charge in [0.1, 0.15) is 5.82 Å². The zero-order valence-electron chi connectivity index (χ0n) is 12.6. The molecular weight excluding hydrogens is 236 g/mol. The van der Waals surface area contributed by atoms with E-state index in [2.05, 4.69) is 60.1 Å². The van der Waals surface area contributed by atoms with Crippen molar-refractivity contribution in [1.82, 2.24) is 15.2 Å². The number of anilines is 1. The van der Waals surface area contributed by atoms with Gasteiger partial charge < -0.3 is 10.2 Å². The van der Waals surface area contributed by atoms with Crippen molar-refractivity contribution in [3.05, 3.63) is 23.9 Å². The van der Waals surface area contributed by atoms with Gasteiger partial charge in [0, 0.05) is 51.5 Å². The topological polar surface area (TPSA) is 31.4 Å². The van der Waals surface area contributed by atoms with Gasteiger partial charge >= 0.3 is 0 Å². The summed E-state index contributed by atoms with van der Waals surface area (Å²) in [5.74, 6) is 1.05. The molecule has 1 fully saturated rings. The van der Waals surface area contributed by atoms with E-state index in [1.54, 1.807) is 0 Å². The summed E-state index contributed by atoms with van der Waals surface area (Å²) in [6.07, 6.45) is 2.02. The maximum Gasteiger partial charge on any atom is 0.128 e. The van der Waals surface area contributed by atoms with Crippen LogP contribution in [0.1, 0.15) is 26.3 Å². The first-order valence-electron chi connectivity index (χ1n) is 7.20. The molecule has 1 aliphatic rings. The molecule has 1 saturated heterocycles. The smallest absolute Gasteiger partial charge is 0.128 e. The van der Waals surface area contributed by atoms with Gasteiger partial charge in [-0.3, -0.25) is 4.90 Å². The van der Waals surface area contributed by atoms with Crippen LogP contribution in [-0.4, -0.2) is 48.6 Å². The molecule has 0 bridgehead atoms. The van der Waals surface area contributed by atoms with Crippen molar-refractivity contribution in [1.29, 1.82) is 0 Å². The van der Waals surface area contributed by atoms with E-state index in [4.69, 9.17) is 0 Å². The second-order valence-corrected chi connectivity index (χ2v) is 5.75. The van der Waals surface area contributed by atoms with Crippen molar-refractivity contribution in [2.75, 3.05) is 31.6 Å². The highest BCUT2D eigenvalue weighted by atomic mass is 15.2. The van der Waals surface area contributed by atoms with Crippen LogP contribution >= 0.6 is 0 Å². The van der Waals surface area contributed by atoms with E-state index in [-0.39, 0.29) is 0 Å². The summed E-state index contributed by atoms with van der Waals surface area (Å²) in [6.45, 7) is 10.9. The Bertz CT molecular complexity index is 388. The second kappa shape index (κ2) is 6.35. The van der Waals surface area contributed by atoms with E-state index < -0.39 is 0 Å². The highest BCUT2D eigenvalue weighted by molar-refractivity contribution is 5.39. The van der Waals surface area contributed by atoms with Crippen LogP contribution in [0.2, 0.25) is 0 Å². The summed E-state index contributed by atoms with van der Waals surface area (Å²) in [7, 11) is 2.09.